The maximum absolute atomic E-state index is 12.0. The molecule has 92 valence electrons. The van der Waals surface area contributed by atoms with Crippen molar-refractivity contribution < 1.29 is 8.42 Å². The van der Waals surface area contributed by atoms with Crippen LogP contribution in [0.1, 0.15) is 12.5 Å². The Morgan fingerprint density at radius 3 is 2.65 bits per heavy atom. The fourth-order valence-corrected chi connectivity index (χ4v) is 4.16. The summed E-state index contributed by atoms with van der Waals surface area (Å²) in [6.45, 7) is 2.41. The molecule has 0 saturated carbocycles. The van der Waals surface area contributed by atoms with Gasteiger partial charge in [0.1, 0.15) is 4.99 Å². The molecule has 2 N–H and O–H groups in total. The minimum atomic E-state index is -3.23. The summed E-state index contributed by atoms with van der Waals surface area (Å²) in [6.07, 6.45) is 0. The van der Waals surface area contributed by atoms with Gasteiger partial charge in [-0.15, -0.1) is 0 Å². The Kier molecular flexibility index (Phi) is 3.09. The molecule has 4 nitrogen and oxygen atoms in total. The van der Waals surface area contributed by atoms with Gasteiger partial charge in [0.2, 0.25) is 10.0 Å². The lowest BCUT2D eigenvalue weighted by molar-refractivity contribution is 0.598. The second-order valence-corrected chi connectivity index (χ2v) is 6.67. The van der Waals surface area contributed by atoms with E-state index in [0.29, 0.717) is 17.8 Å². The summed E-state index contributed by atoms with van der Waals surface area (Å²) in [4.78, 5) is 0.218. The Bertz CT molecular complexity index is 554. The number of benzene rings is 1. The molecule has 1 heterocycles. The van der Waals surface area contributed by atoms with Crippen molar-refractivity contribution in [2.45, 2.75) is 6.92 Å². The zero-order chi connectivity index (χ0) is 12.6. The van der Waals surface area contributed by atoms with E-state index in [4.69, 9.17) is 18.0 Å². The fraction of sp³-hybridized carbons (Fsp3) is 0.364. The summed E-state index contributed by atoms with van der Waals surface area (Å²) in [5, 5.41) is 0. The zero-order valence-corrected chi connectivity index (χ0v) is 11.1. The van der Waals surface area contributed by atoms with Crippen LogP contribution in [0.2, 0.25) is 0 Å². The topological polar surface area (TPSA) is 63.4 Å². The Morgan fingerprint density at radius 2 is 2.12 bits per heavy atom. The molecule has 6 heteroatoms. The van der Waals surface area contributed by atoms with Crippen molar-refractivity contribution in [3.63, 3.8) is 0 Å². The maximum atomic E-state index is 12.0. The van der Waals surface area contributed by atoms with Crippen molar-refractivity contribution in [3.05, 3.63) is 29.8 Å². The van der Waals surface area contributed by atoms with E-state index in [0.717, 1.165) is 0 Å². The fourth-order valence-electron chi connectivity index (χ4n) is 2.05. The molecule has 1 aliphatic rings. The van der Waals surface area contributed by atoms with Crippen molar-refractivity contribution >= 4 is 32.9 Å². The van der Waals surface area contributed by atoms with E-state index < -0.39 is 10.0 Å². The summed E-state index contributed by atoms with van der Waals surface area (Å²) in [5.41, 5.74) is 6.81. The molecule has 1 unspecified atom stereocenters. The molecule has 1 aromatic carbocycles. The third-order valence-corrected chi connectivity index (χ3v) is 4.97. The van der Waals surface area contributed by atoms with Gasteiger partial charge < -0.3 is 5.73 Å². The van der Waals surface area contributed by atoms with Crippen molar-refractivity contribution in [2.75, 3.05) is 16.6 Å². The van der Waals surface area contributed by atoms with Crippen LogP contribution in [-0.4, -0.2) is 25.7 Å². The quantitative estimate of drug-likeness (QED) is 0.818. The van der Waals surface area contributed by atoms with Gasteiger partial charge >= 0.3 is 0 Å². The molecule has 0 aliphatic carbocycles. The molecule has 1 aromatic rings. The van der Waals surface area contributed by atoms with Crippen LogP contribution in [0.15, 0.2) is 24.3 Å². The third-order valence-electron chi connectivity index (χ3n) is 2.75. The van der Waals surface area contributed by atoms with Crippen molar-refractivity contribution in [1.82, 2.24) is 0 Å². The van der Waals surface area contributed by atoms with Gasteiger partial charge in [0.25, 0.3) is 0 Å². The minimum Gasteiger partial charge on any atom is -0.389 e. The summed E-state index contributed by atoms with van der Waals surface area (Å²) >= 11 is 4.95. The highest BCUT2D eigenvalue weighted by atomic mass is 32.2. The van der Waals surface area contributed by atoms with Gasteiger partial charge in [0, 0.05) is 12.1 Å². The number of hydrogen-bond donors (Lipinski definition) is 1. The van der Waals surface area contributed by atoms with Crippen LogP contribution >= 0.6 is 12.2 Å². The molecule has 0 aromatic heterocycles. The normalized spacial score (nSPS) is 22.6. The average molecular weight is 270 g/mol. The number of sulfonamides is 1. The number of para-hydroxylation sites is 1. The molecule has 0 spiro atoms. The number of nitrogens with two attached hydrogens (primary N) is 1. The molecule has 0 radical (unpaired) electrons. The molecular formula is C11H14N2O2S2. The van der Waals surface area contributed by atoms with E-state index in [2.05, 4.69) is 0 Å². The third kappa shape index (κ3) is 2.28. The standard InChI is InChI=1S/C11H14N2O2S2/c1-8-6-13(17(14,15)7-8)10-5-3-2-4-9(10)11(12)16/h2-5,8H,6-7H2,1H3,(H2,12,16). The maximum Gasteiger partial charge on any atom is 0.235 e. The average Bonchev–Trinajstić information content (AvgIpc) is 2.51. The lowest BCUT2D eigenvalue weighted by Crippen LogP contribution is -2.28. The van der Waals surface area contributed by atoms with E-state index in [9.17, 15) is 8.42 Å². The van der Waals surface area contributed by atoms with Gasteiger partial charge in [-0.2, -0.15) is 0 Å². The highest BCUT2D eigenvalue weighted by Gasteiger charge is 2.34. The smallest absolute Gasteiger partial charge is 0.235 e. The second-order valence-electron chi connectivity index (χ2n) is 4.30. The van der Waals surface area contributed by atoms with Crippen molar-refractivity contribution in [3.8, 4) is 0 Å². The Balaban J connectivity index is 2.52. The van der Waals surface area contributed by atoms with E-state index in [1.807, 2.05) is 6.92 Å². The van der Waals surface area contributed by atoms with Crippen LogP contribution in [0.3, 0.4) is 0 Å². The SMILES string of the molecule is CC1CN(c2ccccc2C(N)=S)S(=O)(=O)C1. The van der Waals surface area contributed by atoms with Crippen LogP contribution in [0.4, 0.5) is 5.69 Å². The number of anilines is 1. The van der Waals surface area contributed by atoms with Crippen molar-refractivity contribution in [2.24, 2.45) is 11.7 Å². The zero-order valence-electron chi connectivity index (χ0n) is 9.46. The van der Waals surface area contributed by atoms with Crippen LogP contribution < -0.4 is 10.0 Å². The minimum absolute atomic E-state index is 0.124. The molecule has 1 atom stereocenters. The summed E-state index contributed by atoms with van der Waals surface area (Å²) < 4.78 is 25.4. The predicted octanol–water partition coefficient (Wildman–Crippen LogP) is 1.11. The van der Waals surface area contributed by atoms with Crippen LogP contribution in [0, 0.1) is 5.92 Å². The molecule has 1 saturated heterocycles. The molecule has 2 rings (SSSR count). The molecule has 17 heavy (non-hydrogen) atoms. The Labute approximate surface area is 106 Å². The monoisotopic (exact) mass is 270 g/mol. The molecule has 1 aliphatic heterocycles. The highest BCUT2D eigenvalue weighted by molar-refractivity contribution is 7.93. The Morgan fingerprint density at radius 1 is 1.47 bits per heavy atom. The number of nitrogens with zero attached hydrogens (tertiary/aromatic N) is 1. The van der Waals surface area contributed by atoms with Gasteiger partial charge in [0.15, 0.2) is 0 Å². The van der Waals surface area contributed by atoms with E-state index >= 15 is 0 Å². The number of hydrogen-bond acceptors (Lipinski definition) is 3. The largest absolute Gasteiger partial charge is 0.389 e. The molecule has 0 bridgehead atoms. The highest BCUT2D eigenvalue weighted by Crippen LogP contribution is 2.29. The lowest BCUT2D eigenvalue weighted by Gasteiger charge is -2.20. The number of thiocarbonyl (C=S) groups is 1. The van der Waals surface area contributed by atoms with Gasteiger partial charge in [-0.3, -0.25) is 4.31 Å². The first-order valence-corrected chi connectivity index (χ1v) is 7.33. The first-order chi connectivity index (χ1) is 7.92. The Hall–Kier alpha value is -1.14. The first kappa shape index (κ1) is 12.3. The summed E-state index contributed by atoms with van der Waals surface area (Å²) in [6, 6.07) is 7.07. The molecule has 0 amide bonds. The van der Waals surface area contributed by atoms with Crippen molar-refractivity contribution in [1.29, 1.82) is 0 Å². The second kappa shape index (κ2) is 4.27. The van der Waals surface area contributed by atoms with E-state index in [1.165, 1.54) is 4.31 Å². The van der Waals surface area contributed by atoms with Gasteiger partial charge in [-0.05, 0) is 18.1 Å². The summed E-state index contributed by atoms with van der Waals surface area (Å²) in [7, 11) is -3.23. The molecule has 1 fully saturated rings. The van der Waals surface area contributed by atoms with E-state index in [-0.39, 0.29) is 16.7 Å². The van der Waals surface area contributed by atoms with Crippen LogP contribution in [0.5, 0.6) is 0 Å². The van der Waals surface area contributed by atoms with Crippen LogP contribution in [0.25, 0.3) is 0 Å². The predicted molar refractivity (Wildman–Crippen MR) is 72.6 cm³/mol. The van der Waals surface area contributed by atoms with Gasteiger partial charge in [-0.1, -0.05) is 31.3 Å². The molecular weight excluding hydrogens is 256 g/mol. The first-order valence-electron chi connectivity index (χ1n) is 5.31. The lowest BCUT2D eigenvalue weighted by atomic mass is 10.1. The number of rotatable bonds is 2. The van der Waals surface area contributed by atoms with Gasteiger partial charge in [0.05, 0.1) is 11.4 Å². The van der Waals surface area contributed by atoms with Gasteiger partial charge in [-0.25, -0.2) is 8.42 Å². The van der Waals surface area contributed by atoms with Crippen LogP contribution in [-0.2, 0) is 10.0 Å². The van der Waals surface area contributed by atoms with E-state index in [1.54, 1.807) is 24.3 Å². The summed E-state index contributed by atoms with van der Waals surface area (Å²) in [5.74, 6) is 0.304.